The van der Waals surface area contributed by atoms with Gasteiger partial charge < -0.3 is 4.90 Å². The Balaban J connectivity index is 2.07. The Labute approximate surface area is 68.7 Å². The fraction of sp³-hybridized carbons (Fsp3) is 1.00. The third-order valence-corrected chi connectivity index (χ3v) is 3.31. The molecule has 2 unspecified atom stereocenters. The highest BCUT2D eigenvalue weighted by atomic mass is 15.2. The molecule has 2 rings (SSSR count). The van der Waals surface area contributed by atoms with Gasteiger partial charge in [-0.2, -0.15) is 0 Å². The van der Waals surface area contributed by atoms with Crippen molar-refractivity contribution in [3.8, 4) is 0 Å². The third-order valence-electron chi connectivity index (χ3n) is 3.31. The van der Waals surface area contributed by atoms with Gasteiger partial charge in [0.05, 0.1) is 0 Å². The number of rotatable bonds is 0. The van der Waals surface area contributed by atoms with Gasteiger partial charge in [-0.3, -0.25) is 0 Å². The van der Waals surface area contributed by atoms with Crippen molar-refractivity contribution in [1.82, 2.24) is 10.6 Å². The van der Waals surface area contributed by atoms with Crippen LogP contribution in [0.15, 0.2) is 0 Å². The van der Waals surface area contributed by atoms with Crippen LogP contribution in [-0.4, -0.2) is 30.1 Å². The number of fused-ring (bicyclic) bond motifs is 2. The van der Waals surface area contributed by atoms with Gasteiger partial charge in [-0.05, 0) is 32.7 Å². The Morgan fingerprint density at radius 1 is 1.18 bits per heavy atom. The largest absolute Gasteiger partial charge is 0.300 e. The first kappa shape index (κ1) is 7.56. The standard InChI is InChI=1S/C9H16N2/c1-11-8-3-2-4-9(11)6-7(10)5-8/h7-9H,2-6H2,1H3. The Kier molecular flexibility index (Phi) is 1.90. The van der Waals surface area contributed by atoms with Gasteiger partial charge in [-0.1, -0.05) is 6.42 Å². The lowest BCUT2D eigenvalue weighted by Crippen LogP contribution is -2.51. The van der Waals surface area contributed by atoms with Gasteiger partial charge in [0.2, 0.25) is 0 Å². The molecule has 2 aliphatic heterocycles. The normalized spacial score (nSPS) is 45.8. The van der Waals surface area contributed by atoms with Gasteiger partial charge >= 0.3 is 0 Å². The zero-order valence-corrected chi connectivity index (χ0v) is 7.16. The van der Waals surface area contributed by atoms with Gasteiger partial charge in [-0.15, -0.1) is 5.73 Å². The Hall–Kier alpha value is -0.0800. The monoisotopic (exact) mass is 152 g/mol. The van der Waals surface area contributed by atoms with Crippen molar-refractivity contribution in [3.05, 3.63) is 0 Å². The van der Waals surface area contributed by atoms with Gasteiger partial charge in [0.15, 0.2) is 0 Å². The molecule has 2 heteroatoms. The Morgan fingerprint density at radius 3 is 2.27 bits per heavy atom. The van der Waals surface area contributed by atoms with E-state index in [4.69, 9.17) is 0 Å². The van der Waals surface area contributed by atoms with Crippen LogP contribution in [0.2, 0.25) is 0 Å². The van der Waals surface area contributed by atoms with Crippen molar-refractivity contribution in [2.75, 3.05) is 7.05 Å². The molecule has 2 fully saturated rings. The molecule has 2 atom stereocenters. The second-order valence-electron chi connectivity index (χ2n) is 4.03. The van der Waals surface area contributed by atoms with E-state index in [0.29, 0.717) is 12.1 Å². The van der Waals surface area contributed by atoms with Gasteiger partial charge in [0.25, 0.3) is 0 Å². The molecule has 0 N–H and O–H groups in total. The van der Waals surface area contributed by atoms with E-state index in [1.54, 1.807) is 0 Å². The van der Waals surface area contributed by atoms with Crippen LogP contribution in [0.5, 0.6) is 0 Å². The zero-order valence-electron chi connectivity index (χ0n) is 7.16. The average molecular weight is 152 g/mol. The van der Waals surface area contributed by atoms with Crippen molar-refractivity contribution in [1.29, 1.82) is 0 Å². The average Bonchev–Trinajstić information content (AvgIpc) is 1.92. The Bertz CT molecular complexity index is 132. The highest BCUT2D eigenvalue weighted by molar-refractivity contribution is 4.91. The molecule has 62 valence electrons. The molecule has 2 radical (unpaired) electrons. The number of hydrogen-bond acceptors (Lipinski definition) is 1. The topological polar surface area (TPSA) is 25.5 Å². The third kappa shape index (κ3) is 1.30. The molecule has 2 nitrogen and oxygen atoms in total. The van der Waals surface area contributed by atoms with E-state index in [1.807, 2.05) is 0 Å². The zero-order chi connectivity index (χ0) is 7.84. The molecule has 0 aromatic heterocycles. The number of hydrogen-bond donors (Lipinski definition) is 0. The molecular weight excluding hydrogens is 136 g/mol. The minimum atomic E-state index is -0.0125. The van der Waals surface area contributed by atoms with E-state index < -0.39 is 0 Å². The van der Waals surface area contributed by atoms with Crippen LogP contribution in [-0.2, 0) is 0 Å². The van der Waals surface area contributed by atoms with E-state index in [-0.39, 0.29) is 6.04 Å². The van der Waals surface area contributed by atoms with Crippen molar-refractivity contribution in [2.45, 2.75) is 50.2 Å². The summed E-state index contributed by atoms with van der Waals surface area (Å²) in [5.41, 5.74) is 9.51. The fourth-order valence-corrected chi connectivity index (χ4v) is 2.59. The molecule has 0 saturated carbocycles. The quantitative estimate of drug-likeness (QED) is 0.510. The van der Waals surface area contributed by atoms with Crippen LogP contribution in [0.1, 0.15) is 32.1 Å². The summed E-state index contributed by atoms with van der Waals surface area (Å²) in [6.45, 7) is 0. The van der Waals surface area contributed by atoms with E-state index in [0.717, 1.165) is 12.8 Å². The lowest BCUT2D eigenvalue weighted by molar-refractivity contribution is 0.0555. The molecular formula is C9H16N2. The second-order valence-corrected chi connectivity index (χ2v) is 4.03. The molecule has 2 saturated heterocycles. The van der Waals surface area contributed by atoms with E-state index >= 15 is 0 Å². The number of piperidine rings is 2. The van der Waals surface area contributed by atoms with Crippen LogP contribution in [0.3, 0.4) is 0 Å². The maximum Gasteiger partial charge on any atom is 0.0463 e. The summed E-state index contributed by atoms with van der Waals surface area (Å²) in [7, 11) is 2.21. The summed E-state index contributed by atoms with van der Waals surface area (Å²) in [4.78, 5) is 2.47. The van der Waals surface area contributed by atoms with Crippen LogP contribution in [0, 0.1) is 0 Å². The summed E-state index contributed by atoms with van der Waals surface area (Å²) in [5, 5.41) is 0. The summed E-state index contributed by atoms with van der Waals surface area (Å²) in [6, 6.07) is 1.34. The van der Waals surface area contributed by atoms with E-state index in [1.165, 1.54) is 19.3 Å². The maximum atomic E-state index is 9.51. The van der Waals surface area contributed by atoms with Crippen molar-refractivity contribution in [2.24, 2.45) is 0 Å². The summed E-state index contributed by atoms with van der Waals surface area (Å²) >= 11 is 0. The SMILES string of the molecule is CN1C2CCCC1CC([N])C2. The van der Waals surface area contributed by atoms with Crippen LogP contribution >= 0.6 is 0 Å². The van der Waals surface area contributed by atoms with Crippen LogP contribution in [0.25, 0.3) is 0 Å². The molecule has 2 aliphatic rings. The Morgan fingerprint density at radius 2 is 1.73 bits per heavy atom. The first-order valence-corrected chi connectivity index (χ1v) is 4.67. The first-order chi connectivity index (χ1) is 5.27. The molecule has 0 aromatic rings. The van der Waals surface area contributed by atoms with Crippen molar-refractivity contribution >= 4 is 0 Å². The highest BCUT2D eigenvalue weighted by Crippen LogP contribution is 2.31. The van der Waals surface area contributed by atoms with Gasteiger partial charge in [-0.25, -0.2) is 0 Å². The minimum Gasteiger partial charge on any atom is -0.300 e. The molecule has 0 aromatic carbocycles. The fourth-order valence-electron chi connectivity index (χ4n) is 2.59. The lowest BCUT2D eigenvalue weighted by Gasteiger charge is -2.45. The van der Waals surface area contributed by atoms with Crippen LogP contribution < -0.4 is 5.73 Å². The minimum absolute atomic E-state index is 0.0125. The van der Waals surface area contributed by atoms with Crippen LogP contribution in [0.4, 0.5) is 0 Å². The van der Waals surface area contributed by atoms with E-state index in [9.17, 15) is 5.73 Å². The van der Waals surface area contributed by atoms with Crippen molar-refractivity contribution < 1.29 is 0 Å². The molecule has 0 aliphatic carbocycles. The summed E-state index contributed by atoms with van der Waals surface area (Å²) in [5.74, 6) is 0. The molecule has 0 spiro atoms. The van der Waals surface area contributed by atoms with Gasteiger partial charge in [0.1, 0.15) is 0 Å². The molecule has 11 heavy (non-hydrogen) atoms. The molecule has 0 amide bonds. The highest BCUT2D eigenvalue weighted by Gasteiger charge is 2.34. The molecule has 2 heterocycles. The number of nitrogens with zero attached hydrogens (tertiary/aromatic N) is 2. The lowest BCUT2D eigenvalue weighted by atomic mass is 9.83. The van der Waals surface area contributed by atoms with Crippen molar-refractivity contribution in [3.63, 3.8) is 0 Å². The second kappa shape index (κ2) is 2.76. The predicted molar refractivity (Wildman–Crippen MR) is 44.3 cm³/mol. The predicted octanol–water partition coefficient (Wildman–Crippen LogP) is 1.07. The maximum absolute atomic E-state index is 9.51. The summed E-state index contributed by atoms with van der Waals surface area (Å²) < 4.78 is 0. The van der Waals surface area contributed by atoms with E-state index in [2.05, 4.69) is 11.9 Å². The molecule has 2 bridgehead atoms. The first-order valence-electron chi connectivity index (χ1n) is 4.67. The summed E-state index contributed by atoms with van der Waals surface area (Å²) in [6.07, 6.45) is 5.97. The van der Waals surface area contributed by atoms with Gasteiger partial charge in [0, 0.05) is 18.1 Å². The smallest absolute Gasteiger partial charge is 0.0463 e.